The van der Waals surface area contributed by atoms with Crippen LogP contribution in [0.15, 0.2) is 35.7 Å². The summed E-state index contributed by atoms with van der Waals surface area (Å²) in [7, 11) is 0. The predicted molar refractivity (Wildman–Crippen MR) is 111 cm³/mol. The number of nitrogens with one attached hydrogen (secondary N) is 1. The van der Waals surface area contributed by atoms with Crippen LogP contribution in [-0.2, 0) is 6.54 Å². The molecule has 1 N–H and O–H groups in total. The molecule has 27 heavy (non-hydrogen) atoms. The van der Waals surface area contributed by atoms with E-state index in [1.165, 1.54) is 22.3 Å². The normalized spacial score (nSPS) is 16.1. The molecule has 1 amide bonds. The Kier molecular flexibility index (Phi) is 5.57. The van der Waals surface area contributed by atoms with Gasteiger partial charge in [0.25, 0.3) is 5.91 Å². The van der Waals surface area contributed by atoms with Crippen LogP contribution in [0.4, 0.5) is 4.39 Å². The number of hydrogen-bond acceptors (Lipinski definition) is 4. The lowest BCUT2D eigenvalue weighted by molar-refractivity contribution is 0.0939. The molecule has 0 bridgehead atoms. The average molecular weight is 403 g/mol. The second-order valence-electron chi connectivity index (χ2n) is 7.18. The summed E-state index contributed by atoms with van der Waals surface area (Å²) < 4.78 is 14.9. The Morgan fingerprint density at radius 3 is 2.78 bits per heavy atom. The number of likely N-dealkylation sites (tertiary alicyclic amines) is 1. The van der Waals surface area contributed by atoms with Gasteiger partial charge >= 0.3 is 0 Å². The molecule has 1 saturated heterocycles. The van der Waals surface area contributed by atoms with Crippen LogP contribution in [0.1, 0.15) is 33.0 Å². The number of halogens is 1. The molecule has 4 rings (SSSR count). The van der Waals surface area contributed by atoms with E-state index < -0.39 is 0 Å². The van der Waals surface area contributed by atoms with Gasteiger partial charge in [0, 0.05) is 28.1 Å². The molecular formula is C21H23FN2OS2. The number of benzene rings is 1. The summed E-state index contributed by atoms with van der Waals surface area (Å²) >= 11 is 3.19. The first-order valence-electron chi connectivity index (χ1n) is 9.32. The van der Waals surface area contributed by atoms with Gasteiger partial charge in [-0.15, -0.1) is 22.7 Å². The molecule has 0 saturated carbocycles. The Hall–Kier alpha value is -1.76. The van der Waals surface area contributed by atoms with E-state index in [4.69, 9.17) is 0 Å². The van der Waals surface area contributed by atoms with Crippen molar-refractivity contribution < 1.29 is 9.18 Å². The van der Waals surface area contributed by atoms with Gasteiger partial charge in [-0.25, -0.2) is 4.39 Å². The van der Waals surface area contributed by atoms with Gasteiger partial charge in [-0.1, -0.05) is 12.1 Å². The number of piperidine rings is 1. The zero-order valence-corrected chi connectivity index (χ0v) is 17.0. The lowest BCUT2D eigenvalue weighted by Gasteiger charge is -2.31. The summed E-state index contributed by atoms with van der Waals surface area (Å²) in [5, 5.41) is 5.79. The molecule has 0 atom stereocenters. The van der Waals surface area contributed by atoms with E-state index in [1.807, 2.05) is 24.3 Å². The molecule has 1 aliphatic rings. The Morgan fingerprint density at radius 2 is 2.07 bits per heavy atom. The number of nitrogens with zero attached hydrogens (tertiary/aromatic N) is 1. The maximum absolute atomic E-state index is 14.0. The van der Waals surface area contributed by atoms with Crippen molar-refractivity contribution in [2.24, 2.45) is 5.92 Å². The van der Waals surface area contributed by atoms with E-state index in [2.05, 4.69) is 27.7 Å². The first-order valence-corrected chi connectivity index (χ1v) is 11.0. The smallest absolute Gasteiger partial charge is 0.261 e. The largest absolute Gasteiger partial charge is 0.351 e. The highest BCUT2D eigenvalue weighted by Gasteiger charge is 2.22. The maximum Gasteiger partial charge on any atom is 0.261 e. The fourth-order valence-corrected chi connectivity index (χ4v) is 5.64. The Balaban J connectivity index is 1.31. The van der Waals surface area contributed by atoms with E-state index in [-0.39, 0.29) is 11.7 Å². The number of thiophene rings is 2. The number of carbonyl (C=O) groups is 1. The zero-order chi connectivity index (χ0) is 18.8. The summed E-state index contributed by atoms with van der Waals surface area (Å²) in [5.74, 6) is 0.187. The van der Waals surface area contributed by atoms with Gasteiger partial charge in [-0.2, -0.15) is 0 Å². The first-order chi connectivity index (χ1) is 13.1. The summed E-state index contributed by atoms with van der Waals surface area (Å²) in [5.41, 5.74) is 0.747. The molecule has 1 fully saturated rings. The maximum atomic E-state index is 14.0. The van der Waals surface area contributed by atoms with Crippen LogP contribution in [0.25, 0.3) is 10.1 Å². The van der Waals surface area contributed by atoms with E-state index in [9.17, 15) is 9.18 Å². The van der Waals surface area contributed by atoms with Crippen molar-refractivity contribution >= 4 is 38.7 Å². The monoisotopic (exact) mass is 402 g/mol. The molecule has 3 nitrogen and oxygen atoms in total. The van der Waals surface area contributed by atoms with Crippen molar-refractivity contribution in [3.05, 3.63) is 56.8 Å². The van der Waals surface area contributed by atoms with Gasteiger partial charge < -0.3 is 5.32 Å². The second kappa shape index (κ2) is 8.09. The highest BCUT2D eigenvalue weighted by atomic mass is 32.1. The second-order valence-corrected chi connectivity index (χ2v) is 9.26. The predicted octanol–water partition coefficient (Wildman–Crippen LogP) is 5.05. The van der Waals surface area contributed by atoms with Crippen LogP contribution in [0.3, 0.4) is 0 Å². The third kappa shape index (κ3) is 4.08. The van der Waals surface area contributed by atoms with Crippen molar-refractivity contribution in [3.63, 3.8) is 0 Å². The Bertz CT molecular complexity index is 927. The van der Waals surface area contributed by atoms with Gasteiger partial charge in [0.1, 0.15) is 5.82 Å². The quantitative estimate of drug-likeness (QED) is 0.647. The SMILES string of the molecule is Cc1c(C(=O)NCC2CCN(Cc3cccs3)CC2)sc2cccc(F)c12. The number of rotatable bonds is 5. The molecule has 1 aliphatic heterocycles. The fraction of sp³-hybridized carbons (Fsp3) is 0.381. The minimum absolute atomic E-state index is 0.0749. The van der Waals surface area contributed by atoms with E-state index in [0.717, 1.165) is 42.7 Å². The average Bonchev–Trinajstić information content (AvgIpc) is 3.29. The van der Waals surface area contributed by atoms with Crippen molar-refractivity contribution in [2.75, 3.05) is 19.6 Å². The molecule has 0 aliphatic carbocycles. The number of fused-ring (bicyclic) bond motifs is 1. The van der Waals surface area contributed by atoms with Crippen LogP contribution >= 0.6 is 22.7 Å². The lowest BCUT2D eigenvalue weighted by Crippen LogP contribution is -2.38. The van der Waals surface area contributed by atoms with Crippen molar-refractivity contribution in [1.29, 1.82) is 0 Å². The number of carbonyl (C=O) groups excluding carboxylic acids is 1. The van der Waals surface area contributed by atoms with Gasteiger partial charge in [0.05, 0.1) is 4.88 Å². The number of hydrogen-bond donors (Lipinski definition) is 1. The number of amides is 1. The number of aryl methyl sites for hydroxylation is 1. The van der Waals surface area contributed by atoms with Gasteiger partial charge in [-0.3, -0.25) is 9.69 Å². The first kappa shape index (κ1) is 18.6. The van der Waals surface area contributed by atoms with Crippen molar-refractivity contribution in [3.8, 4) is 0 Å². The van der Waals surface area contributed by atoms with Crippen molar-refractivity contribution in [2.45, 2.75) is 26.3 Å². The van der Waals surface area contributed by atoms with Crippen LogP contribution in [-0.4, -0.2) is 30.4 Å². The molecule has 3 aromatic rings. The van der Waals surface area contributed by atoms with E-state index >= 15 is 0 Å². The molecular weight excluding hydrogens is 379 g/mol. The molecule has 1 aromatic carbocycles. The molecule has 0 radical (unpaired) electrons. The molecule has 0 spiro atoms. The summed E-state index contributed by atoms with van der Waals surface area (Å²) in [6, 6.07) is 9.31. The topological polar surface area (TPSA) is 32.3 Å². The summed E-state index contributed by atoms with van der Waals surface area (Å²) in [4.78, 5) is 17.2. The fourth-order valence-electron chi connectivity index (χ4n) is 3.76. The minimum atomic E-state index is -0.251. The molecule has 142 valence electrons. The zero-order valence-electron chi connectivity index (χ0n) is 15.3. The highest BCUT2D eigenvalue weighted by Crippen LogP contribution is 2.32. The third-order valence-corrected chi connectivity index (χ3v) is 7.44. The molecule has 0 unspecified atom stereocenters. The van der Waals surface area contributed by atoms with E-state index in [1.54, 1.807) is 6.07 Å². The van der Waals surface area contributed by atoms with Gasteiger partial charge in [0.15, 0.2) is 0 Å². The molecule has 2 aromatic heterocycles. The van der Waals surface area contributed by atoms with Crippen molar-refractivity contribution in [1.82, 2.24) is 10.2 Å². The standard InChI is InChI=1S/C21H23FN2OS2/c1-14-19-17(22)5-2-6-18(19)27-20(14)21(25)23-12-15-7-9-24(10-8-15)13-16-4-3-11-26-16/h2-6,11,15H,7-10,12-13H2,1H3,(H,23,25). The molecule has 3 heterocycles. The Labute approximate surface area is 166 Å². The summed E-state index contributed by atoms with van der Waals surface area (Å²) in [6.07, 6.45) is 2.21. The van der Waals surface area contributed by atoms with Crippen LogP contribution in [0.2, 0.25) is 0 Å². The lowest BCUT2D eigenvalue weighted by atomic mass is 9.96. The van der Waals surface area contributed by atoms with Crippen LogP contribution in [0, 0.1) is 18.7 Å². The highest BCUT2D eigenvalue weighted by molar-refractivity contribution is 7.21. The Morgan fingerprint density at radius 1 is 1.26 bits per heavy atom. The summed E-state index contributed by atoms with van der Waals surface area (Å²) in [6.45, 7) is 5.71. The minimum Gasteiger partial charge on any atom is -0.351 e. The van der Waals surface area contributed by atoms with E-state index in [0.29, 0.717) is 22.7 Å². The van der Waals surface area contributed by atoms with Gasteiger partial charge in [-0.05, 0) is 67.9 Å². The molecule has 6 heteroatoms. The van der Waals surface area contributed by atoms with Crippen LogP contribution in [0.5, 0.6) is 0 Å². The third-order valence-electron chi connectivity index (χ3n) is 5.33. The van der Waals surface area contributed by atoms with Crippen LogP contribution < -0.4 is 5.32 Å². The van der Waals surface area contributed by atoms with Gasteiger partial charge in [0.2, 0.25) is 0 Å².